The fourth-order valence-corrected chi connectivity index (χ4v) is 2.01. The minimum atomic E-state index is -0.108. The van der Waals surface area contributed by atoms with Crippen molar-refractivity contribution in [2.24, 2.45) is 7.05 Å². The van der Waals surface area contributed by atoms with E-state index in [2.05, 4.69) is 15.1 Å². The lowest BCUT2D eigenvalue weighted by Gasteiger charge is -2.01. The fourth-order valence-electron chi connectivity index (χ4n) is 2.01. The summed E-state index contributed by atoms with van der Waals surface area (Å²) >= 11 is 0. The van der Waals surface area contributed by atoms with Crippen LogP contribution in [0, 0.1) is 6.92 Å². The lowest BCUT2D eigenvalue weighted by atomic mass is 10.1. The van der Waals surface area contributed by atoms with Gasteiger partial charge in [0.2, 0.25) is 0 Å². The molecule has 18 heavy (non-hydrogen) atoms. The van der Waals surface area contributed by atoms with E-state index in [1.54, 1.807) is 17.8 Å². The van der Waals surface area contributed by atoms with Crippen LogP contribution in [0.5, 0.6) is 0 Å². The van der Waals surface area contributed by atoms with Crippen molar-refractivity contribution >= 4 is 10.9 Å². The van der Waals surface area contributed by atoms with Crippen molar-refractivity contribution in [3.63, 3.8) is 0 Å². The zero-order valence-corrected chi connectivity index (χ0v) is 10.1. The molecule has 0 fully saturated rings. The Bertz CT molecular complexity index is 785. The summed E-state index contributed by atoms with van der Waals surface area (Å²) in [4.78, 5) is 18.9. The molecule has 0 unspecified atom stereocenters. The van der Waals surface area contributed by atoms with Crippen LogP contribution in [0.25, 0.3) is 22.0 Å². The summed E-state index contributed by atoms with van der Waals surface area (Å²) in [7, 11) is 1.86. The van der Waals surface area contributed by atoms with Gasteiger partial charge in [0, 0.05) is 18.8 Å². The second-order valence-corrected chi connectivity index (χ2v) is 4.29. The second-order valence-electron chi connectivity index (χ2n) is 4.29. The van der Waals surface area contributed by atoms with Crippen LogP contribution in [0.2, 0.25) is 0 Å². The van der Waals surface area contributed by atoms with Gasteiger partial charge in [-0.15, -0.1) is 0 Å². The molecule has 0 aliphatic heterocycles. The molecular weight excluding hydrogens is 228 g/mol. The summed E-state index contributed by atoms with van der Waals surface area (Å²) in [5.41, 5.74) is 2.55. The summed E-state index contributed by atoms with van der Waals surface area (Å²) in [6, 6.07) is 5.66. The van der Waals surface area contributed by atoms with E-state index in [0.717, 1.165) is 11.1 Å². The summed E-state index contributed by atoms with van der Waals surface area (Å²) in [5.74, 6) is 0.627. The summed E-state index contributed by atoms with van der Waals surface area (Å²) in [5, 5.41) is 4.72. The number of nitrogens with zero attached hydrogens (tertiary/aromatic N) is 3. The Morgan fingerprint density at radius 3 is 2.83 bits per heavy atom. The van der Waals surface area contributed by atoms with Gasteiger partial charge in [0.15, 0.2) is 0 Å². The molecule has 2 aromatic heterocycles. The van der Waals surface area contributed by atoms with Gasteiger partial charge in [-0.3, -0.25) is 9.48 Å². The normalized spacial score (nSPS) is 11.0. The standard InChI is InChI=1S/C13H12N4O/c1-8-15-12-4-3-9(5-11(12)13(18)16-8)10-6-14-17(2)7-10/h3-7H,1-2H3,(H,15,16,18). The molecule has 1 aromatic carbocycles. The van der Waals surface area contributed by atoms with Crippen LogP contribution in [0.15, 0.2) is 35.4 Å². The topological polar surface area (TPSA) is 63.6 Å². The van der Waals surface area contributed by atoms with Crippen molar-refractivity contribution in [2.45, 2.75) is 6.92 Å². The maximum Gasteiger partial charge on any atom is 0.258 e. The molecule has 5 heteroatoms. The first-order chi connectivity index (χ1) is 8.63. The number of aromatic amines is 1. The predicted molar refractivity (Wildman–Crippen MR) is 69.3 cm³/mol. The van der Waals surface area contributed by atoms with E-state index in [9.17, 15) is 4.79 Å². The van der Waals surface area contributed by atoms with Crippen molar-refractivity contribution in [1.29, 1.82) is 0 Å². The first-order valence-corrected chi connectivity index (χ1v) is 5.63. The molecule has 1 N–H and O–H groups in total. The summed E-state index contributed by atoms with van der Waals surface area (Å²) < 4.78 is 1.73. The highest BCUT2D eigenvalue weighted by Gasteiger charge is 2.05. The number of aryl methyl sites for hydroxylation is 2. The summed E-state index contributed by atoms with van der Waals surface area (Å²) in [6.45, 7) is 1.77. The molecule has 0 atom stereocenters. The van der Waals surface area contributed by atoms with E-state index in [1.165, 1.54) is 0 Å². The molecule has 0 radical (unpaired) electrons. The minimum Gasteiger partial charge on any atom is -0.310 e. The van der Waals surface area contributed by atoms with Crippen molar-refractivity contribution < 1.29 is 0 Å². The monoisotopic (exact) mass is 240 g/mol. The highest BCUT2D eigenvalue weighted by atomic mass is 16.1. The van der Waals surface area contributed by atoms with Crippen LogP contribution in [0.4, 0.5) is 0 Å². The van der Waals surface area contributed by atoms with Crippen LogP contribution in [0.3, 0.4) is 0 Å². The van der Waals surface area contributed by atoms with Crippen LogP contribution >= 0.6 is 0 Å². The lowest BCUT2D eigenvalue weighted by Crippen LogP contribution is -2.09. The third kappa shape index (κ3) is 1.69. The van der Waals surface area contributed by atoms with Crippen LogP contribution < -0.4 is 5.56 Å². The molecule has 0 bridgehead atoms. The molecule has 3 rings (SSSR count). The smallest absolute Gasteiger partial charge is 0.258 e. The van der Waals surface area contributed by atoms with Gasteiger partial charge in [0.25, 0.3) is 5.56 Å². The SMILES string of the molecule is Cc1nc2ccc(-c3cnn(C)c3)cc2c(=O)[nH]1. The highest BCUT2D eigenvalue weighted by molar-refractivity contribution is 5.83. The van der Waals surface area contributed by atoms with Gasteiger partial charge in [-0.05, 0) is 24.6 Å². The number of benzene rings is 1. The molecule has 0 aliphatic rings. The number of hydrogen-bond acceptors (Lipinski definition) is 3. The summed E-state index contributed by atoms with van der Waals surface area (Å²) in [6.07, 6.45) is 3.69. The first-order valence-electron chi connectivity index (χ1n) is 5.63. The van der Waals surface area contributed by atoms with Gasteiger partial charge < -0.3 is 4.98 Å². The highest BCUT2D eigenvalue weighted by Crippen LogP contribution is 2.21. The molecule has 5 nitrogen and oxygen atoms in total. The van der Waals surface area contributed by atoms with Crippen molar-refractivity contribution in [1.82, 2.24) is 19.7 Å². The van der Waals surface area contributed by atoms with Gasteiger partial charge in [0.1, 0.15) is 5.82 Å². The van der Waals surface area contributed by atoms with E-state index < -0.39 is 0 Å². The van der Waals surface area contributed by atoms with Crippen molar-refractivity contribution in [3.05, 3.63) is 46.8 Å². The Kier molecular flexibility index (Phi) is 2.26. The number of H-pyrrole nitrogens is 1. The minimum absolute atomic E-state index is 0.108. The molecule has 0 saturated heterocycles. The van der Waals surface area contributed by atoms with Gasteiger partial charge in [0.05, 0.1) is 17.1 Å². The van der Waals surface area contributed by atoms with Gasteiger partial charge in [-0.1, -0.05) is 6.07 Å². The van der Waals surface area contributed by atoms with Crippen molar-refractivity contribution in [2.75, 3.05) is 0 Å². The Morgan fingerprint density at radius 1 is 1.28 bits per heavy atom. The van der Waals surface area contributed by atoms with Crippen molar-refractivity contribution in [3.8, 4) is 11.1 Å². The quantitative estimate of drug-likeness (QED) is 0.703. The van der Waals surface area contributed by atoms with Gasteiger partial charge in [-0.2, -0.15) is 5.10 Å². The fraction of sp³-hybridized carbons (Fsp3) is 0.154. The molecule has 0 saturated carbocycles. The number of rotatable bonds is 1. The van der Waals surface area contributed by atoms with E-state index >= 15 is 0 Å². The van der Waals surface area contributed by atoms with Gasteiger partial charge in [-0.25, -0.2) is 4.98 Å². The third-order valence-electron chi connectivity index (χ3n) is 2.86. The first kappa shape index (κ1) is 10.7. The zero-order valence-electron chi connectivity index (χ0n) is 10.1. The molecule has 0 spiro atoms. The Morgan fingerprint density at radius 2 is 2.11 bits per heavy atom. The number of aromatic nitrogens is 4. The van der Waals surface area contributed by atoms with Crippen LogP contribution in [-0.2, 0) is 7.05 Å². The molecule has 2 heterocycles. The lowest BCUT2D eigenvalue weighted by molar-refractivity contribution is 0.768. The number of fused-ring (bicyclic) bond motifs is 1. The largest absolute Gasteiger partial charge is 0.310 e. The molecular formula is C13H12N4O. The van der Waals surface area contributed by atoms with E-state index in [0.29, 0.717) is 16.7 Å². The molecule has 3 aromatic rings. The third-order valence-corrected chi connectivity index (χ3v) is 2.86. The maximum absolute atomic E-state index is 11.9. The Labute approximate surface area is 103 Å². The maximum atomic E-state index is 11.9. The average molecular weight is 240 g/mol. The van der Waals surface area contributed by atoms with E-state index in [1.807, 2.05) is 31.4 Å². The molecule has 0 aliphatic carbocycles. The van der Waals surface area contributed by atoms with Gasteiger partial charge >= 0.3 is 0 Å². The average Bonchev–Trinajstić information content (AvgIpc) is 2.75. The number of nitrogens with one attached hydrogen (secondary N) is 1. The van der Waals surface area contributed by atoms with Crippen LogP contribution in [0.1, 0.15) is 5.82 Å². The molecule has 0 amide bonds. The second kappa shape index (κ2) is 3.80. The van der Waals surface area contributed by atoms with Crippen LogP contribution in [-0.4, -0.2) is 19.7 Å². The van der Waals surface area contributed by atoms with E-state index in [-0.39, 0.29) is 5.56 Å². The molecule has 90 valence electrons. The Balaban J connectivity index is 2.26. The predicted octanol–water partition coefficient (Wildman–Crippen LogP) is 1.63. The number of hydrogen-bond donors (Lipinski definition) is 1. The zero-order chi connectivity index (χ0) is 12.7. The van der Waals surface area contributed by atoms with E-state index in [4.69, 9.17) is 0 Å². The Hall–Kier alpha value is -2.43.